The van der Waals surface area contributed by atoms with Crippen LogP contribution in [0.4, 0.5) is 0 Å². The van der Waals surface area contributed by atoms with Gasteiger partial charge in [0.15, 0.2) is 0 Å². The maximum absolute atomic E-state index is 11.7. The molecule has 0 radical (unpaired) electrons. The van der Waals surface area contributed by atoms with Gasteiger partial charge >= 0.3 is 0 Å². The zero-order valence-electron chi connectivity index (χ0n) is 10.4. The van der Waals surface area contributed by atoms with Crippen LogP contribution < -0.4 is 11.3 Å². The summed E-state index contributed by atoms with van der Waals surface area (Å²) < 4.78 is 5.09. The Balaban J connectivity index is 2.65. The molecular formula is C11H23N3O2. The molecule has 3 N–H and O–H groups in total. The minimum Gasteiger partial charge on any atom is -0.383 e. The van der Waals surface area contributed by atoms with Gasteiger partial charge in [0.25, 0.3) is 5.91 Å². The standard InChI is InChI=1S/C11H23N3O2/c1-8-4-9(2)6-14(5-8)10(7-16-3)11(15)13-12/h8-10H,4-7,12H2,1-3H3,(H,13,15). The van der Waals surface area contributed by atoms with Crippen molar-refractivity contribution in [1.82, 2.24) is 10.3 Å². The van der Waals surface area contributed by atoms with E-state index in [-0.39, 0.29) is 11.9 Å². The van der Waals surface area contributed by atoms with Gasteiger partial charge in [0.05, 0.1) is 6.61 Å². The summed E-state index contributed by atoms with van der Waals surface area (Å²) in [6, 6.07) is -0.264. The topological polar surface area (TPSA) is 67.6 Å². The van der Waals surface area contributed by atoms with Crippen LogP contribution >= 0.6 is 0 Å². The Morgan fingerprint density at radius 3 is 2.50 bits per heavy atom. The van der Waals surface area contributed by atoms with Crippen molar-refractivity contribution in [2.24, 2.45) is 17.7 Å². The van der Waals surface area contributed by atoms with Gasteiger partial charge in [0, 0.05) is 20.2 Å². The lowest BCUT2D eigenvalue weighted by molar-refractivity contribution is -0.129. The third-order valence-corrected chi connectivity index (χ3v) is 3.11. The van der Waals surface area contributed by atoms with E-state index in [9.17, 15) is 4.79 Å². The fraction of sp³-hybridized carbons (Fsp3) is 0.909. The van der Waals surface area contributed by atoms with E-state index in [0.29, 0.717) is 18.4 Å². The van der Waals surface area contributed by atoms with Crippen LogP contribution in [0, 0.1) is 11.8 Å². The van der Waals surface area contributed by atoms with E-state index in [2.05, 4.69) is 24.2 Å². The van der Waals surface area contributed by atoms with Crippen LogP contribution in [0.1, 0.15) is 20.3 Å². The van der Waals surface area contributed by atoms with Crippen molar-refractivity contribution in [3.05, 3.63) is 0 Å². The van der Waals surface area contributed by atoms with Gasteiger partial charge in [-0.05, 0) is 18.3 Å². The van der Waals surface area contributed by atoms with E-state index < -0.39 is 0 Å². The number of nitrogens with two attached hydrogens (primary N) is 1. The third-order valence-electron chi connectivity index (χ3n) is 3.11. The van der Waals surface area contributed by atoms with E-state index in [0.717, 1.165) is 13.1 Å². The third kappa shape index (κ3) is 3.43. The highest BCUT2D eigenvalue weighted by atomic mass is 16.5. The van der Waals surface area contributed by atoms with Crippen LogP contribution in [0.25, 0.3) is 0 Å². The quantitative estimate of drug-likeness (QED) is 0.403. The number of hydrogen-bond acceptors (Lipinski definition) is 4. The lowest BCUT2D eigenvalue weighted by Gasteiger charge is -2.38. The second-order valence-electron chi connectivity index (χ2n) is 4.88. The number of carbonyl (C=O) groups excluding carboxylic acids is 1. The van der Waals surface area contributed by atoms with Gasteiger partial charge in [-0.3, -0.25) is 15.1 Å². The van der Waals surface area contributed by atoms with Crippen LogP contribution in [0.15, 0.2) is 0 Å². The van der Waals surface area contributed by atoms with Gasteiger partial charge in [-0.25, -0.2) is 5.84 Å². The van der Waals surface area contributed by atoms with Crippen LogP contribution in [0.5, 0.6) is 0 Å². The summed E-state index contributed by atoms with van der Waals surface area (Å²) in [5.74, 6) is 6.27. The van der Waals surface area contributed by atoms with E-state index in [1.54, 1.807) is 7.11 Å². The molecule has 1 aliphatic heterocycles. The number of nitrogens with zero attached hydrogens (tertiary/aromatic N) is 1. The first kappa shape index (κ1) is 13.4. The van der Waals surface area contributed by atoms with Gasteiger partial charge in [0.1, 0.15) is 6.04 Å². The molecule has 1 rings (SSSR count). The molecule has 5 nitrogen and oxygen atoms in total. The highest BCUT2D eigenvalue weighted by Gasteiger charge is 2.31. The van der Waals surface area contributed by atoms with Crippen LogP contribution in [-0.2, 0) is 9.53 Å². The summed E-state index contributed by atoms with van der Waals surface area (Å²) in [5, 5.41) is 0. The van der Waals surface area contributed by atoms with Gasteiger partial charge in [-0.1, -0.05) is 13.8 Å². The van der Waals surface area contributed by atoms with E-state index >= 15 is 0 Å². The zero-order valence-corrected chi connectivity index (χ0v) is 10.4. The lowest BCUT2D eigenvalue weighted by Crippen LogP contribution is -2.55. The second-order valence-corrected chi connectivity index (χ2v) is 4.88. The van der Waals surface area contributed by atoms with Crippen molar-refractivity contribution in [2.45, 2.75) is 26.3 Å². The highest BCUT2D eigenvalue weighted by Crippen LogP contribution is 2.22. The predicted octanol–water partition coefficient (Wildman–Crippen LogP) is -0.0308. The number of ether oxygens (including phenoxy) is 1. The highest BCUT2D eigenvalue weighted by molar-refractivity contribution is 5.81. The number of methoxy groups -OCH3 is 1. The number of piperidine rings is 1. The Hall–Kier alpha value is -0.650. The molecule has 16 heavy (non-hydrogen) atoms. The maximum Gasteiger partial charge on any atom is 0.253 e. The van der Waals surface area contributed by atoms with Crippen molar-refractivity contribution >= 4 is 5.91 Å². The molecule has 94 valence electrons. The molecule has 5 heteroatoms. The number of carbonyl (C=O) groups is 1. The molecule has 0 saturated carbocycles. The van der Waals surface area contributed by atoms with Crippen molar-refractivity contribution in [3.63, 3.8) is 0 Å². The molecule has 1 amide bonds. The SMILES string of the molecule is COCC(C(=O)NN)N1CC(C)CC(C)C1. The van der Waals surface area contributed by atoms with Crippen molar-refractivity contribution < 1.29 is 9.53 Å². The summed E-state index contributed by atoms with van der Waals surface area (Å²) in [6.07, 6.45) is 1.22. The van der Waals surface area contributed by atoms with Crippen LogP contribution in [0.2, 0.25) is 0 Å². The molecule has 0 spiro atoms. The summed E-state index contributed by atoms with van der Waals surface area (Å²) in [6.45, 7) is 6.69. The summed E-state index contributed by atoms with van der Waals surface area (Å²) in [4.78, 5) is 13.8. The maximum atomic E-state index is 11.7. The number of likely N-dealkylation sites (tertiary alicyclic amines) is 1. The van der Waals surface area contributed by atoms with Gasteiger partial charge < -0.3 is 4.74 Å². The average molecular weight is 229 g/mol. The molecule has 0 bridgehead atoms. The van der Waals surface area contributed by atoms with E-state index in [4.69, 9.17) is 10.6 Å². The molecule has 1 heterocycles. The summed E-state index contributed by atoms with van der Waals surface area (Å²) in [7, 11) is 1.60. The van der Waals surface area contributed by atoms with Gasteiger partial charge in [-0.15, -0.1) is 0 Å². The molecule has 3 unspecified atom stereocenters. The largest absolute Gasteiger partial charge is 0.383 e. The number of nitrogens with one attached hydrogen (secondary N) is 1. The summed E-state index contributed by atoms with van der Waals surface area (Å²) >= 11 is 0. The van der Waals surface area contributed by atoms with Crippen LogP contribution in [0.3, 0.4) is 0 Å². The fourth-order valence-electron chi connectivity index (χ4n) is 2.57. The van der Waals surface area contributed by atoms with Crippen molar-refractivity contribution in [1.29, 1.82) is 0 Å². The Morgan fingerprint density at radius 1 is 1.50 bits per heavy atom. The molecule has 1 aliphatic rings. The Kier molecular flexibility index (Phi) is 5.18. The van der Waals surface area contributed by atoms with Gasteiger partial charge in [-0.2, -0.15) is 0 Å². The second kappa shape index (κ2) is 6.18. The molecule has 0 aromatic heterocycles. The zero-order chi connectivity index (χ0) is 12.1. The first-order valence-electron chi connectivity index (χ1n) is 5.81. The number of rotatable bonds is 4. The lowest BCUT2D eigenvalue weighted by atomic mass is 9.91. The molecule has 0 aliphatic carbocycles. The molecular weight excluding hydrogens is 206 g/mol. The minimum absolute atomic E-state index is 0.164. The first-order chi connectivity index (χ1) is 7.58. The van der Waals surface area contributed by atoms with Crippen molar-refractivity contribution in [3.8, 4) is 0 Å². The number of hydrogen-bond donors (Lipinski definition) is 2. The molecule has 1 fully saturated rings. The number of hydrazine groups is 1. The molecule has 3 atom stereocenters. The average Bonchev–Trinajstić information content (AvgIpc) is 2.23. The Morgan fingerprint density at radius 2 is 2.06 bits per heavy atom. The van der Waals surface area contributed by atoms with E-state index in [1.807, 2.05) is 0 Å². The monoisotopic (exact) mass is 229 g/mol. The summed E-state index contributed by atoms with van der Waals surface area (Å²) in [5.41, 5.74) is 2.22. The van der Waals surface area contributed by atoms with Gasteiger partial charge in [0.2, 0.25) is 0 Å². The van der Waals surface area contributed by atoms with E-state index in [1.165, 1.54) is 6.42 Å². The molecule has 0 aromatic carbocycles. The van der Waals surface area contributed by atoms with Crippen LogP contribution in [-0.4, -0.2) is 43.7 Å². The Bertz CT molecular complexity index is 225. The fourth-order valence-corrected chi connectivity index (χ4v) is 2.57. The number of amides is 1. The molecule has 1 saturated heterocycles. The Labute approximate surface area is 97.3 Å². The normalized spacial score (nSPS) is 28.8. The minimum atomic E-state index is -0.264. The first-order valence-corrected chi connectivity index (χ1v) is 5.81. The molecule has 0 aromatic rings. The van der Waals surface area contributed by atoms with Crippen molar-refractivity contribution in [2.75, 3.05) is 26.8 Å². The predicted molar refractivity (Wildman–Crippen MR) is 62.5 cm³/mol. The smallest absolute Gasteiger partial charge is 0.253 e.